The molecular formula is C18H20N6O2. The van der Waals surface area contributed by atoms with Gasteiger partial charge in [-0.05, 0) is 43.4 Å². The lowest BCUT2D eigenvalue weighted by molar-refractivity contribution is -0.122. The second-order valence-corrected chi connectivity index (χ2v) is 6.49. The zero-order valence-electron chi connectivity index (χ0n) is 14.4. The van der Waals surface area contributed by atoms with Gasteiger partial charge in [-0.2, -0.15) is 5.10 Å². The SMILES string of the molecule is O=C(Cn1nc2c(cc1=O)CCCCC2)NCc1nnc2ccccn12. The molecule has 0 atom stereocenters. The Bertz CT molecular complexity index is 1010. The van der Waals surface area contributed by atoms with Crippen LogP contribution in [0.5, 0.6) is 0 Å². The van der Waals surface area contributed by atoms with E-state index < -0.39 is 0 Å². The molecule has 8 nitrogen and oxygen atoms in total. The van der Waals surface area contributed by atoms with Crippen LogP contribution in [-0.4, -0.2) is 30.3 Å². The number of hydrogen-bond acceptors (Lipinski definition) is 5. The maximum Gasteiger partial charge on any atom is 0.267 e. The molecule has 0 fully saturated rings. The zero-order chi connectivity index (χ0) is 17.9. The molecule has 4 rings (SSSR count). The van der Waals surface area contributed by atoms with Crippen LogP contribution in [0, 0.1) is 0 Å². The van der Waals surface area contributed by atoms with Gasteiger partial charge in [0.1, 0.15) is 6.54 Å². The fourth-order valence-corrected chi connectivity index (χ4v) is 3.27. The molecule has 1 aliphatic carbocycles. The van der Waals surface area contributed by atoms with Crippen molar-refractivity contribution in [3.05, 3.63) is 57.9 Å². The molecule has 8 heteroatoms. The molecule has 0 bridgehead atoms. The Morgan fingerprint density at radius 1 is 1.15 bits per heavy atom. The van der Waals surface area contributed by atoms with E-state index in [1.165, 1.54) is 4.68 Å². The highest BCUT2D eigenvalue weighted by Gasteiger charge is 2.14. The van der Waals surface area contributed by atoms with Crippen molar-refractivity contribution in [3.63, 3.8) is 0 Å². The monoisotopic (exact) mass is 352 g/mol. The van der Waals surface area contributed by atoms with E-state index >= 15 is 0 Å². The van der Waals surface area contributed by atoms with Crippen LogP contribution in [0.25, 0.3) is 5.65 Å². The van der Waals surface area contributed by atoms with E-state index in [0.29, 0.717) is 5.82 Å². The maximum atomic E-state index is 12.3. The third-order valence-electron chi connectivity index (χ3n) is 4.65. The minimum Gasteiger partial charge on any atom is -0.347 e. The summed E-state index contributed by atoms with van der Waals surface area (Å²) in [6, 6.07) is 7.23. The first kappa shape index (κ1) is 16.4. The van der Waals surface area contributed by atoms with Crippen molar-refractivity contribution in [1.82, 2.24) is 29.7 Å². The third kappa shape index (κ3) is 3.35. The molecule has 0 saturated heterocycles. The Labute approximate surface area is 149 Å². The van der Waals surface area contributed by atoms with Crippen molar-refractivity contribution in [2.75, 3.05) is 0 Å². The molecule has 0 aliphatic heterocycles. The second-order valence-electron chi connectivity index (χ2n) is 6.49. The highest BCUT2D eigenvalue weighted by atomic mass is 16.2. The van der Waals surface area contributed by atoms with E-state index in [1.807, 2.05) is 28.8 Å². The molecule has 3 heterocycles. The second kappa shape index (κ2) is 7.07. The number of rotatable bonds is 4. The van der Waals surface area contributed by atoms with Crippen molar-refractivity contribution in [1.29, 1.82) is 0 Å². The number of amides is 1. The maximum absolute atomic E-state index is 12.3. The Hall–Kier alpha value is -3.03. The van der Waals surface area contributed by atoms with Crippen molar-refractivity contribution in [3.8, 4) is 0 Å². The summed E-state index contributed by atoms with van der Waals surface area (Å²) in [4.78, 5) is 24.5. The van der Waals surface area contributed by atoms with Crippen LogP contribution >= 0.6 is 0 Å². The number of carbonyl (C=O) groups is 1. The summed E-state index contributed by atoms with van der Waals surface area (Å²) in [6.45, 7) is 0.145. The van der Waals surface area contributed by atoms with E-state index in [2.05, 4.69) is 20.6 Å². The number of pyridine rings is 1. The van der Waals surface area contributed by atoms with Crippen LogP contribution in [0.4, 0.5) is 0 Å². The van der Waals surface area contributed by atoms with Crippen LogP contribution in [0.1, 0.15) is 36.3 Å². The normalized spacial score (nSPS) is 14.0. The summed E-state index contributed by atoms with van der Waals surface area (Å²) < 4.78 is 3.06. The highest BCUT2D eigenvalue weighted by molar-refractivity contribution is 5.75. The van der Waals surface area contributed by atoms with E-state index in [9.17, 15) is 9.59 Å². The lowest BCUT2D eigenvalue weighted by Crippen LogP contribution is -2.34. The van der Waals surface area contributed by atoms with E-state index in [4.69, 9.17) is 0 Å². The number of fused-ring (bicyclic) bond motifs is 2. The van der Waals surface area contributed by atoms with Crippen molar-refractivity contribution in [2.45, 2.75) is 45.2 Å². The van der Waals surface area contributed by atoms with Crippen LogP contribution in [-0.2, 0) is 30.7 Å². The van der Waals surface area contributed by atoms with Crippen LogP contribution < -0.4 is 10.9 Å². The highest BCUT2D eigenvalue weighted by Crippen LogP contribution is 2.16. The molecule has 3 aromatic rings. The average Bonchev–Trinajstić information content (AvgIpc) is 2.92. The van der Waals surface area contributed by atoms with Gasteiger partial charge in [0.05, 0.1) is 12.2 Å². The van der Waals surface area contributed by atoms with Gasteiger partial charge in [-0.3, -0.25) is 14.0 Å². The lowest BCUT2D eigenvalue weighted by Gasteiger charge is -2.10. The van der Waals surface area contributed by atoms with Crippen molar-refractivity contribution < 1.29 is 4.79 Å². The molecule has 1 aliphatic rings. The van der Waals surface area contributed by atoms with Gasteiger partial charge < -0.3 is 5.32 Å². The minimum absolute atomic E-state index is 0.0944. The lowest BCUT2D eigenvalue weighted by atomic mass is 10.1. The van der Waals surface area contributed by atoms with Crippen molar-refractivity contribution in [2.24, 2.45) is 0 Å². The van der Waals surface area contributed by atoms with Gasteiger partial charge in [0, 0.05) is 12.3 Å². The smallest absolute Gasteiger partial charge is 0.267 e. The predicted molar refractivity (Wildman–Crippen MR) is 94.6 cm³/mol. The first-order valence-corrected chi connectivity index (χ1v) is 8.86. The van der Waals surface area contributed by atoms with Gasteiger partial charge in [0.25, 0.3) is 5.56 Å². The predicted octanol–water partition coefficient (Wildman–Crippen LogP) is 0.871. The van der Waals surface area contributed by atoms with Gasteiger partial charge in [0.2, 0.25) is 5.91 Å². The molecule has 0 unspecified atom stereocenters. The summed E-state index contributed by atoms with van der Waals surface area (Å²) in [6.07, 6.45) is 6.91. The number of nitrogens with zero attached hydrogens (tertiary/aromatic N) is 5. The molecule has 0 saturated carbocycles. The first-order valence-electron chi connectivity index (χ1n) is 8.86. The van der Waals surface area contributed by atoms with Gasteiger partial charge in [-0.15, -0.1) is 10.2 Å². The quantitative estimate of drug-likeness (QED) is 0.703. The Balaban J connectivity index is 1.45. The van der Waals surface area contributed by atoms with Gasteiger partial charge in [-0.1, -0.05) is 12.5 Å². The topological polar surface area (TPSA) is 94.2 Å². The molecule has 0 spiro atoms. The van der Waals surface area contributed by atoms with Crippen LogP contribution in [0.2, 0.25) is 0 Å². The number of nitrogens with one attached hydrogen (secondary N) is 1. The Morgan fingerprint density at radius 2 is 2.04 bits per heavy atom. The standard InChI is InChI=1S/C18H20N6O2/c25-17(19-11-16-21-20-15-8-4-5-9-23(15)16)12-24-18(26)10-13-6-2-1-3-7-14(13)22-24/h4-5,8-10H,1-3,6-7,11-12H2,(H,19,25). The van der Waals surface area contributed by atoms with E-state index in [-0.39, 0.29) is 24.6 Å². The number of carbonyl (C=O) groups excluding carboxylic acids is 1. The molecule has 3 aromatic heterocycles. The molecule has 26 heavy (non-hydrogen) atoms. The number of hydrogen-bond donors (Lipinski definition) is 1. The number of aromatic nitrogens is 5. The van der Waals surface area contributed by atoms with Gasteiger partial charge in [-0.25, -0.2) is 4.68 Å². The fourth-order valence-electron chi connectivity index (χ4n) is 3.27. The Morgan fingerprint density at radius 3 is 2.96 bits per heavy atom. The minimum atomic E-state index is -0.277. The molecule has 0 radical (unpaired) electrons. The van der Waals surface area contributed by atoms with Crippen LogP contribution in [0.15, 0.2) is 35.3 Å². The fraction of sp³-hybridized carbons (Fsp3) is 0.389. The molecular weight excluding hydrogens is 332 g/mol. The van der Waals surface area contributed by atoms with Crippen LogP contribution in [0.3, 0.4) is 0 Å². The molecule has 1 amide bonds. The van der Waals surface area contributed by atoms with Gasteiger partial charge in [0.15, 0.2) is 11.5 Å². The summed E-state index contributed by atoms with van der Waals surface area (Å²) in [5.41, 5.74) is 2.46. The summed E-state index contributed by atoms with van der Waals surface area (Å²) in [5.74, 6) is 0.358. The first-order chi connectivity index (χ1) is 12.7. The Kier molecular flexibility index (Phi) is 4.47. The zero-order valence-corrected chi connectivity index (χ0v) is 14.4. The average molecular weight is 352 g/mol. The molecule has 0 aromatic carbocycles. The van der Waals surface area contributed by atoms with Gasteiger partial charge >= 0.3 is 0 Å². The van der Waals surface area contributed by atoms with Crippen molar-refractivity contribution >= 4 is 11.6 Å². The van der Waals surface area contributed by atoms with E-state index in [0.717, 1.165) is 49.0 Å². The number of aryl methyl sites for hydroxylation is 2. The summed E-state index contributed by atoms with van der Waals surface area (Å²) >= 11 is 0. The largest absolute Gasteiger partial charge is 0.347 e. The summed E-state index contributed by atoms with van der Waals surface area (Å²) in [5, 5.41) is 15.3. The molecule has 1 N–H and O–H groups in total. The summed E-state index contributed by atoms with van der Waals surface area (Å²) in [7, 11) is 0. The third-order valence-corrected chi connectivity index (χ3v) is 4.65. The molecule has 134 valence electrons. The van der Waals surface area contributed by atoms with E-state index in [1.54, 1.807) is 6.07 Å².